The van der Waals surface area contributed by atoms with Gasteiger partial charge < -0.3 is 15.8 Å². The van der Waals surface area contributed by atoms with E-state index in [4.69, 9.17) is 17.3 Å². The number of nitrogens with zero attached hydrogens (tertiary/aromatic N) is 1. The Morgan fingerprint density at radius 1 is 1.53 bits per heavy atom. The molecule has 0 bridgehead atoms. The van der Waals surface area contributed by atoms with Gasteiger partial charge in [0.25, 0.3) is 0 Å². The molecule has 19 heavy (non-hydrogen) atoms. The Bertz CT molecular complexity index is 441. The Balaban J connectivity index is 2.77. The summed E-state index contributed by atoms with van der Waals surface area (Å²) in [4.78, 5) is 4.04. The van der Waals surface area contributed by atoms with Gasteiger partial charge in [0.2, 0.25) is 0 Å². The summed E-state index contributed by atoms with van der Waals surface area (Å²) in [5, 5.41) is 3.31. The van der Waals surface area contributed by atoms with Crippen molar-refractivity contribution >= 4 is 17.6 Å². The molecule has 0 atom stereocenters. The quantitative estimate of drug-likeness (QED) is 0.626. The molecular formula is C12H16ClF2N3O. The van der Waals surface area contributed by atoms with Crippen LogP contribution in [-0.2, 0) is 6.54 Å². The molecule has 0 saturated carbocycles. The first-order chi connectivity index (χ1) is 9.02. The van der Waals surface area contributed by atoms with Crippen molar-refractivity contribution in [1.82, 2.24) is 5.32 Å². The molecule has 0 amide bonds. The van der Waals surface area contributed by atoms with E-state index in [1.165, 1.54) is 18.2 Å². The molecule has 0 saturated heterocycles. The van der Waals surface area contributed by atoms with Gasteiger partial charge >= 0.3 is 6.61 Å². The van der Waals surface area contributed by atoms with Crippen LogP contribution in [0.1, 0.15) is 18.9 Å². The minimum absolute atomic E-state index is 0.0476. The lowest BCUT2D eigenvalue weighted by molar-refractivity contribution is -0.0504. The smallest absolute Gasteiger partial charge is 0.387 e. The van der Waals surface area contributed by atoms with Gasteiger partial charge in [0.05, 0.1) is 6.54 Å². The first-order valence-electron chi connectivity index (χ1n) is 5.80. The van der Waals surface area contributed by atoms with Crippen LogP contribution in [0, 0.1) is 0 Å². The van der Waals surface area contributed by atoms with Crippen LogP contribution in [0.5, 0.6) is 5.75 Å². The van der Waals surface area contributed by atoms with Gasteiger partial charge in [-0.1, -0.05) is 18.5 Å². The minimum atomic E-state index is -2.89. The van der Waals surface area contributed by atoms with Crippen molar-refractivity contribution in [3.8, 4) is 5.75 Å². The number of aliphatic imine (C=N–C) groups is 1. The minimum Gasteiger partial charge on any atom is -0.434 e. The van der Waals surface area contributed by atoms with E-state index in [1.54, 1.807) is 0 Å². The Labute approximate surface area is 115 Å². The summed E-state index contributed by atoms with van der Waals surface area (Å²) in [6.07, 6.45) is 0.910. The van der Waals surface area contributed by atoms with Crippen molar-refractivity contribution in [2.75, 3.05) is 6.54 Å². The van der Waals surface area contributed by atoms with Gasteiger partial charge in [-0.2, -0.15) is 8.78 Å². The van der Waals surface area contributed by atoms with E-state index < -0.39 is 6.61 Å². The van der Waals surface area contributed by atoms with E-state index in [-0.39, 0.29) is 18.3 Å². The fourth-order valence-electron chi connectivity index (χ4n) is 1.36. The fourth-order valence-corrected chi connectivity index (χ4v) is 1.56. The molecule has 1 aromatic rings. The summed E-state index contributed by atoms with van der Waals surface area (Å²) < 4.78 is 28.9. The third-order valence-corrected chi connectivity index (χ3v) is 2.45. The van der Waals surface area contributed by atoms with Crippen LogP contribution in [0.2, 0.25) is 5.02 Å². The van der Waals surface area contributed by atoms with E-state index in [2.05, 4.69) is 15.0 Å². The van der Waals surface area contributed by atoms with E-state index in [1.807, 2.05) is 6.92 Å². The molecule has 0 aromatic heterocycles. The molecule has 3 N–H and O–H groups in total. The molecule has 0 aliphatic heterocycles. The standard InChI is InChI=1S/C12H16ClF2N3O/c1-2-5-17-12(16)18-7-8-6-9(13)3-4-10(8)19-11(14)15/h3-4,6,11H,2,5,7H2,1H3,(H3,16,17,18). The molecule has 7 heteroatoms. The topological polar surface area (TPSA) is 59.6 Å². The highest BCUT2D eigenvalue weighted by molar-refractivity contribution is 6.30. The summed E-state index contributed by atoms with van der Waals surface area (Å²) in [5.74, 6) is 0.302. The Morgan fingerprint density at radius 2 is 2.26 bits per heavy atom. The zero-order valence-electron chi connectivity index (χ0n) is 10.5. The number of halogens is 3. The number of nitrogens with two attached hydrogens (primary N) is 1. The van der Waals surface area contributed by atoms with E-state index >= 15 is 0 Å². The summed E-state index contributed by atoms with van der Waals surface area (Å²) in [7, 11) is 0. The van der Waals surface area contributed by atoms with Crippen molar-refractivity contribution in [1.29, 1.82) is 0 Å². The van der Waals surface area contributed by atoms with Gasteiger partial charge in [0, 0.05) is 17.1 Å². The zero-order valence-corrected chi connectivity index (χ0v) is 11.3. The average molecular weight is 292 g/mol. The van der Waals surface area contributed by atoms with Crippen LogP contribution in [0.3, 0.4) is 0 Å². The largest absolute Gasteiger partial charge is 0.434 e. The number of alkyl halides is 2. The van der Waals surface area contributed by atoms with Crippen molar-refractivity contribution < 1.29 is 13.5 Å². The predicted octanol–water partition coefficient (Wildman–Crippen LogP) is 2.76. The molecule has 1 rings (SSSR count). The highest BCUT2D eigenvalue weighted by Gasteiger charge is 2.10. The first kappa shape index (κ1) is 15.5. The highest BCUT2D eigenvalue weighted by Crippen LogP contribution is 2.25. The molecule has 0 aliphatic rings. The van der Waals surface area contributed by atoms with Gasteiger partial charge in [-0.25, -0.2) is 4.99 Å². The number of rotatable bonds is 6. The van der Waals surface area contributed by atoms with Crippen LogP contribution in [-0.4, -0.2) is 19.1 Å². The summed E-state index contributed by atoms with van der Waals surface area (Å²) in [6.45, 7) is -0.0816. The van der Waals surface area contributed by atoms with Gasteiger partial charge in [-0.05, 0) is 24.6 Å². The third-order valence-electron chi connectivity index (χ3n) is 2.21. The van der Waals surface area contributed by atoms with Crippen LogP contribution in [0.4, 0.5) is 8.78 Å². The van der Waals surface area contributed by atoms with Crippen LogP contribution in [0.25, 0.3) is 0 Å². The molecule has 106 valence electrons. The Kier molecular flexibility index (Phi) is 6.35. The summed E-state index contributed by atoms with van der Waals surface area (Å²) in [6, 6.07) is 4.38. The number of nitrogens with one attached hydrogen (secondary N) is 1. The molecule has 4 nitrogen and oxygen atoms in total. The number of guanidine groups is 1. The number of ether oxygens (including phenoxy) is 1. The van der Waals surface area contributed by atoms with Crippen molar-refractivity contribution in [2.24, 2.45) is 10.7 Å². The summed E-state index contributed by atoms with van der Waals surface area (Å²) >= 11 is 5.81. The Morgan fingerprint density at radius 3 is 2.89 bits per heavy atom. The molecular weight excluding hydrogens is 276 g/mol. The second-order valence-corrected chi connectivity index (χ2v) is 4.20. The lowest BCUT2D eigenvalue weighted by atomic mass is 10.2. The summed E-state index contributed by atoms with van der Waals surface area (Å²) in [5.41, 5.74) is 6.07. The maximum Gasteiger partial charge on any atom is 0.387 e. The predicted molar refractivity (Wildman–Crippen MR) is 71.7 cm³/mol. The molecule has 0 fully saturated rings. The number of hydrogen-bond donors (Lipinski definition) is 2. The zero-order chi connectivity index (χ0) is 14.3. The maximum atomic E-state index is 12.2. The fraction of sp³-hybridized carbons (Fsp3) is 0.417. The monoisotopic (exact) mass is 291 g/mol. The van der Waals surface area contributed by atoms with Crippen LogP contribution < -0.4 is 15.8 Å². The third kappa shape index (κ3) is 5.74. The first-order valence-corrected chi connectivity index (χ1v) is 6.17. The lowest BCUT2D eigenvalue weighted by Crippen LogP contribution is -2.32. The molecule has 0 unspecified atom stereocenters. The van der Waals surface area contributed by atoms with Crippen molar-refractivity contribution in [2.45, 2.75) is 26.5 Å². The lowest BCUT2D eigenvalue weighted by Gasteiger charge is -2.10. The maximum absolute atomic E-state index is 12.2. The van der Waals surface area contributed by atoms with Crippen molar-refractivity contribution in [3.63, 3.8) is 0 Å². The average Bonchev–Trinajstić information content (AvgIpc) is 2.36. The van der Waals surface area contributed by atoms with Gasteiger partial charge in [0.1, 0.15) is 5.75 Å². The normalized spacial score (nSPS) is 11.7. The van der Waals surface area contributed by atoms with E-state index in [9.17, 15) is 8.78 Å². The van der Waals surface area contributed by atoms with Crippen molar-refractivity contribution in [3.05, 3.63) is 28.8 Å². The molecule has 0 spiro atoms. The number of hydrogen-bond acceptors (Lipinski definition) is 2. The van der Waals surface area contributed by atoms with Crippen LogP contribution >= 0.6 is 11.6 Å². The van der Waals surface area contributed by atoms with Gasteiger partial charge in [-0.3, -0.25) is 0 Å². The Hall–Kier alpha value is -1.56. The van der Waals surface area contributed by atoms with Crippen LogP contribution in [0.15, 0.2) is 23.2 Å². The SMILES string of the molecule is CCCNC(N)=NCc1cc(Cl)ccc1OC(F)F. The van der Waals surface area contributed by atoms with E-state index in [0.717, 1.165) is 6.42 Å². The van der Waals surface area contributed by atoms with Gasteiger partial charge in [0.15, 0.2) is 5.96 Å². The molecule has 1 aromatic carbocycles. The van der Waals surface area contributed by atoms with E-state index in [0.29, 0.717) is 17.1 Å². The van der Waals surface area contributed by atoms with Gasteiger partial charge in [-0.15, -0.1) is 0 Å². The molecule has 0 heterocycles. The highest BCUT2D eigenvalue weighted by atomic mass is 35.5. The second kappa shape index (κ2) is 7.78. The molecule has 0 radical (unpaired) electrons. The number of benzene rings is 1. The molecule has 0 aliphatic carbocycles. The second-order valence-electron chi connectivity index (χ2n) is 3.76.